The van der Waals surface area contributed by atoms with E-state index in [1.54, 1.807) is 0 Å². The van der Waals surface area contributed by atoms with Gasteiger partial charge >= 0.3 is 0 Å². The lowest BCUT2D eigenvalue weighted by Gasteiger charge is -2.20. The van der Waals surface area contributed by atoms with Crippen molar-refractivity contribution in [3.8, 4) is 6.07 Å². The SMILES string of the molecule is N#CC1(S(=O)(=O)c2ccc(F)c(F)c2)CCCC1. The highest BCUT2D eigenvalue weighted by molar-refractivity contribution is 7.93. The Bertz CT molecular complexity index is 613. The van der Waals surface area contributed by atoms with Gasteiger partial charge in [0.2, 0.25) is 0 Å². The third kappa shape index (κ3) is 1.79. The molecule has 2 rings (SSSR count). The van der Waals surface area contributed by atoms with Gasteiger partial charge in [0.1, 0.15) is 0 Å². The molecule has 1 aliphatic rings. The summed E-state index contributed by atoms with van der Waals surface area (Å²) in [6, 6.07) is 4.26. The van der Waals surface area contributed by atoms with E-state index >= 15 is 0 Å². The maximum absolute atomic E-state index is 13.1. The summed E-state index contributed by atoms with van der Waals surface area (Å²) in [4.78, 5) is -0.329. The lowest BCUT2D eigenvalue weighted by Crippen LogP contribution is -2.34. The predicted octanol–water partition coefficient (Wildman–Crippen LogP) is 2.57. The Morgan fingerprint density at radius 3 is 2.28 bits per heavy atom. The number of nitrogens with zero attached hydrogens (tertiary/aromatic N) is 1. The van der Waals surface area contributed by atoms with Gasteiger partial charge < -0.3 is 0 Å². The Balaban J connectivity index is 2.55. The Hall–Kier alpha value is -1.48. The summed E-state index contributed by atoms with van der Waals surface area (Å²) in [5, 5.41) is 9.14. The van der Waals surface area contributed by atoms with Gasteiger partial charge in [0, 0.05) is 0 Å². The molecule has 0 spiro atoms. The summed E-state index contributed by atoms with van der Waals surface area (Å²) < 4.78 is 49.1. The maximum atomic E-state index is 13.1. The van der Waals surface area contributed by atoms with Crippen LogP contribution in [0.2, 0.25) is 0 Å². The van der Waals surface area contributed by atoms with E-state index in [4.69, 9.17) is 5.26 Å². The van der Waals surface area contributed by atoms with Crippen LogP contribution in [-0.4, -0.2) is 13.2 Å². The van der Waals surface area contributed by atoms with Crippen LogP contribution in [0.25, 0.3) is 0 Å². The van der Waals surface area contributed by atoms with Crippen LogP contribution in [0.4, 0.5) is 8.78 Å². The van der Waals surface area contributed by atoms with Crippen LogP contribution in [-0.2, 0) is 9.84 Å². The Morgan fingerprint density at radius 2 is 1.78 bits per heavy atom. The van der Waals surface area contributed by atoms with E-state index in [1.165, 1.54) is 0 Å². The fourth-order valence-corrected chi connectivity index (χ4v) is 4.16. The minimum atomic E-state index is -3.96. The number of sulfone groups is 1. The van der Waals surface area contributed by atoms with Crippen LogP contribution < -0.4 is 0 Å². The van der Waals surface area contributed by atoms with Crippen LogP contribution >= 0.6 is 0 Å². The van der Waals surface area contributed by atoms with Crippen LogP contribution in [0.15, 0.2) is 23.1 Å². The van der Waals surface area contributed by atoms with Crippen molar-refractivity contribution in [1.82, 2.24) is 0 Å². The number of rotatable bonds is 2. The second-order valence-corrected chi connectivity index (χ2v) is 6.65. The van der Waals surface area contributed by atoms with Gasteiger partial charge in [-0.25, -0.2) is 17.2 Å². The van der Waals surface area contributed by atoms with Gasteiger partial charge in [0.05, 0.1) is 11.0 Å². The zero-order valence-electron chi connectivity index (χ0n) is 9.49. The topological polar surface area (TPSA) is 57.9 Å². The first kappa shape index (κ1) is 13.0. The Morgan fingerprint density at radius 1 is 1.17 bits per heavy atom. The molecule has 0 bridgehead atoms. The minimum absolute atomic E-state index is 0.241. The van der Waals surface area contributed by atoms with E-state index < -0.39 is 26.2 Å². The summed E-state index contributed by atoms with van der Waals surface area (Å²) in [5.41, 5.74) is 0. The monoisotopic (exact) mass is 271 g/mol. The van der Waals surface area contributed by atoms with Crippen molar-refractivity contribution in [3.63, 3.8) is 0 Å². The fraction of sp³-hybridized carbons (Fsp3) is 0.417. The fourth-order valence-electron chi connectivity index (χ4n) is 2.26. The number of hydrogen-bond donors (Lipinski definition) is 0. The summed E-state index contributed by atoms with van der Waals surface area (Å²) in [6.07, 6.45) is 1.78. The van der Waals surface area contributed by atoms with Crippen molar-refractivity contribution in [1.29, 1.82) is 5.26 Å². The molecule has 0 aromatic heterocycles. The Labute approximate surface area is 104 Å². The van der Waals surface area contributed by atoms with E-state index in [0.717, 1.165) is 12.1 Å². The molecule has 1 aromatic carbocycles. The van der Waals surface area contributed by atoms with Gasteiger partial charge in [-0.3, -0.25) is 0 Å². The van der Waals surface area contributed by atoms with Crippen molar-refractivity contribution < 1.29 is 17.2 Å². The number of halogens is 2. The third-order valence-corrected chi connectivity index (χ3v) is 5.73. The largest absolute Gasteiger partial charge is 0.222 e. The molecule has 1 fully saturated rings. The lowest BCUT2D eigenvalue weighted by molar-refractivity contribution is 0.503. The molecule has 96 valence electrons. The average molecular weight is 271 g/mol. The molecule has 0 amide bonds. The van der Waals surface area contributed by atoms with Crippen molar-refractivity contribution >= 4 is 9.84 Å². The third-order valence-electron chi connectivity index (χ3n) is 3.33. The molecule has 0 saturated heterocycles. The van der Waals surface area contributed by atoms with Crippen LogP contribution in [0.3, 0.4) is 0 Å². The molecule has 1 aliphatic carbocycles. The highest BCUT2D eigenvalue weighted by Crippen LogP contribution is 2.40. The zero-order chi connectivity index (χ0) is 13.4. The maximum Gasteiger partial charge on any atom is 0.197 e. The molecule has 6 heteroatoms. The standard InChI is InChI=1S/C12H11F2NO2S/c13-10-4-3-9(7-11(10)14)18(16,17)12(8-15)5-1-2-6-12/h3-4,7H,1-2,5-6H2. The highest BCUT2D eigenvalue weighted by atomic mass is 32.2. The first-order chi connectivity index (χ1) is 8.43. The van der Waals surface area contributed by atoms with E-state index in [-0.39, 0.29) is 17.7 Å². The molecular weight excluding hydrogens is 260 g/mol. The zero-order valence-corrected chi connectivity index (χ0v) is 10.3. The van der Waals surface area contributed by atoms with Gasteiger partial charge in [-0.1, -0.05) is 12.8 Å². The van der Waals surface area contributed by atoms with E-state index in [9.17, 15) is 17.2 Å². The van der Waals surface area contributed by atoms with Gasteiger partial charge in [-0.15, -0.1) is 0 Å². The summed E-state index contributed by atoms with van der Waals surface area (Å²) in [6.45, 7) is 0. The van der Waals surface area contributed by atoms with Gasteiger partial charge in [-0.2, -0.15) is 5.26 Å². The van der Waals surface area contributed by atoms with Crippen LogP contribution in [0.5, 0.6) is 0 Å². The molecule has 0 heterocycles. The van der Waals surface area contributed by atoms with Crippen LogP contribution in [0, 0.1) is 23.0 Å². The van der Waals surface area contributed by atoms with Gasteiger partial charge in [0.15, 0.2) is 26.2 Å². The molecule has 1 aromatic rings. The summed E-state index contributed by atoms with van der Waals surface area (Å²) in [5.74, 6) is -2.33. The first-order valence-electron chi connectivity index (χ1n) is 5.54. The minimum Gasteiger partial charge on any atom is -0.222 e. The van der Waals surface area contributed by atoms with Crippen molar-refractivity contribution in [2.45, 2.75) is 35.3 Å². The first-order valence-corrected chi connectivity index (χ1v) is 7.02. The van der Waals surface area contributed by atoms with Crippen molar-refractivity contribution in [2.75, 3.05) is 0 Å². The molecule has 18 heavy (non-hydrogen) atoms. The van der Waals surface area contributed by atoms with Crippen molar-refractivity contribution in [2.24, 2.45) is 0 Å². The van der Waals surface area contributed by atoms with E-state index in [0.29, 0.717) is 18.9 Å². The quantitative estimate of drug-likeness (QED) is 0.777. The predicted molar refractivity (Wildman–Crippen MR) is 60.4 cm³/mol. The molecule has 0 aliphatic heterocycles. The molecule has 0 N–H and O–H groups in total. The summed E-state index contributed by atoms with van der Waals surface area (Å²) >= 11 is 0. The highest BCUT2D eigenvalue weighted by Gasteiger charge is 2.47. The van der Waals surface area contributed by atoms with Gasteiger partial charge in [-0.05, 0) is 31.0 Å². The smallest absolute Gasteiger partial charge is 0.197 e. The Kier molecular flexibility index (Phi) is 3.11. The molecule has 0 unspecified atom stereocenters. The normalized spacial score (nSPS) is 18.5. The van der Waals surface area contributed by atoms with E-state index in [1.807, 2.05) is 6.07 Å². The molecule has 3 nitrogen and oxygen atoms in total. The summed E-state index contributed by atoms with van der Waals surface area (Å²) in [7, 11) is -3.96. The molecule has 0 radical (unpaired) electrons. The molecule has 1 saturated carbocycles. The second kappa shape index (κ2) is 4.32. The number of benzene rings is 1. The molecular formula is C12H11F2NO2S. The van der Waals surface area contributed by atoms with Crippen LogP contribution in [0.1, 0.15) is 25.7 Å². The lowest BCUT2D eigenvalue weighted by atomic mass is 10.1. The number of nitriles is 1. The number of hydrogen-bond acceptors (Lipinski definition) is 3. The molecule has 0 atom stereocenters. The average Bonchev–Trinajstić information content (AvgIpc) is 2.82. The second-order valence-electron chi connectivity index (χ2n) is 4.39. The van der Waals surface area contributed by atoms with E-state index in [2.05, 4.69) is 0 Å². The van der Waals surface area contributed by atoms with Gasteiger partial charge in [0.25, 0.3) is 0 Å². The van der Waals surface area contributed by atoms with Crippen molar-refractivity contribution in [3.05, 3.63) is 29.8 Å².